The number of allylic oxidation sites excluding steroid dienone is 1. The van der Waals surface area contributed by atoms with E-state index >= 15 is 0 Å². The Balaban J connectivity index is 1.69. The summed E-state index contributed by atoms with van der Waals surface area (Å²) in [6.45, 7) is 4.70. The van der Waals surface area contributed by atoms with Crippen LogP contribution in [0.2, 0.25) is 0 Å². The zero-order valence-electron chi connectivity index (χ0n) is 12.7. The Bertz CT molecular complexity index is 423. The maximum atomic E-state index is 12.0. The van der Waals surface area contributed by atoms with Gasteiger partial charge < -0.3 is 15.0 Å². The van der Waals surface area contributed by atoms with Crippen LogP contribution < -0.4 is 5.32 Å². The molecule has 0 radical (unpaired) electrons. The second kappa shape index (κ2) is 8.32. The van der Waals surface area contributed by atoms with Crippen LogP contribution in [0.25, 0.3) is 0 Å². The number of nitrogens with zero attached hydrogens (tertiary/aromatic N) is 1. The lowest BCUT2D eigenvalue weighted by atomic mass is 10.2. The quantitative estimate of drug-likeness (QED) is 0.788. The number of thioether (sulfide) groups is 1. The van der Waals surface area contributed by atoms with Gasteiger partial charge in [-0.1, -0.05) is 6.42 Å². The van der Waals surface area contributed by atoms with Crippen molar-refractivity contribution in [1.29, 1.82) is 0 Å². The number of likely N-dealkylation sites (tertiary alicyclic amines) is 1. The van der Waals surface area contributed by atoms with Gasteiger partial charge in [0.1, 0.15) is 10.7 Å². The van der Waals surface area contributed by atoms with Gasteiger partial charge in [0.2, 0.25) is 5.91 Å². The Morgan fingerprint density at radius 2 is 2.24 bits per heavy atom. The predicted molar refractivity (Wildman–Crippen MR) is 83.8 cm³/mol. The average Bonchev–Trinajstić information content (AvgIpc) is 2.68. The van der Waals surface area contributed by atoms with Gasteiger partial charge in [0.05, 0.1) is 6.61 Å². The van der Waals surface area contributed by atoms with E-state index in [1.807, 2.05) is 11.8 Å². The minimum Gasteiger partial charge on any atom is -0.496 e. The van der Waals surface area contributed by atoms with E-state index in [0.717, 1.165) is 44.5 Å². The molecule has 2 rings (SSSR count). The number of hydrogen-bond acceptors (Lipinski definition) is 4. The largest absolute Gasteiger partial charge is 0.496 e. The molecule has 2 amide bonds. The number of ether oxygens (including phenoxy) is 1. The summed E-state index contributed by atoms with van der Waals surface area (Å²) >= 11 is 1.55. The van der Waals surface area contributed by atoms with Crippen LogP contribution in [0, 0.1) is 0 Å². The van der Waals surface area contributed by atoms with Crippen molar-refractivity contribution in [3.8, 4) is 0 Å². The molecule has 1 saturated heterocycles. The molecule has 21 heavy (non-hydrogen) atoms. The molecule has 0 unspecified atom stereocenters. The molecule has 2 heterocycles. The fourth-order valence-electron chi connectivity index (χ4n) is 2.56. The van der Waals surface area contributed by atoms with Crippen LogP contribution in [-0.4, -0.2) is 48.7 Å². The number of amides is 2. The monoisotopic (exact) mass is 312 g/mol. The highest BCUT2D eigenvalue weighted by Gasteiger charge is 2.19. The van der Waals surface area contributed by atoms with E-state index in [4.69, 9.17) is 4.74 Å². The first-order valence-corrected chi connectivity index (χ1v) is 8.69. The van der Waals surface area contributed by atoms with Crippen molar-refractivity contribution in [2.45, 2.75) is 39.0 Å². The standard InChI is InChI=1S/C15H24N2O3S/c1-12-14(21-11-10-20-12)15(19)16-7-5-9-17-8-4-2-3-6-13(17)18/h2-11H2,1H3,(H,16,19). The number of hydrogen-bond donors (Lipinski definition) is 1. The first-order chi connectivity index (χ1) is 10.2. The maximum Gasteiger partial charge on any atom is 0.261 e. The number of carbonyl (C=O) groups excluding carboxylic acids is 2. The van der Waals surface area contributed by atoms with Gasteiger partial charge in [-0.3, -0.25) is 9.59 Å². The lowest BCUT2D eigenvalue weighted by molar-refractivity contribution is -0.130. The number of nitrogens with one attached hydrogen (secondary N) is 1. The zero-order valence-corrected chi connectivity index (χ0v) is 13.5. The van der Waals surface area contributed by atoms with Crippen molar-refractivity contribution in [3.63, 3.8) is 0 Å². The van der Waals surface area contributed by atoms with Gasteiger partial charge in [-0.05, 0) is 26.2 Å². The van der Waals surface area contributed by atoms with Gasteiger partial charge in [-0.25, -0.2) is 0 Å². The second-order valence-corrected chi connectivity index (χ2v) is 6.49. The summed E-state index contributed by atoms with van der Waals surface area (Å²) in [5.74, 6) is 1.74. The first-order valence-electron chi connectivity index (χ1n) is 7.71. The summed E-state index contributed by atoms with van der Waals surface area (Å²) in [5, 5.41) is 2.92. The van der Waals surface area contributed by atoms with Gasteiger partial charge in [-0.2, -0.15) is 0 Å². The lowest BCUT2D eigenvalue weighted by Crippen LogP contribution is -2.34. The molecule has 0 aliphatic carbocycles. The van der Waals surface area contributed by atoms with Crippen LogP contribution in [0.4, 0.5) is 0 Å². The van der Waals surface area contributed by atoms with Crippen LogP contribution in [0.15, 0.2) is 10.7 Å². The molecule has 5 nitrogen and oxygen atoms in total. The van der Waals surface area contributed by atoms with Crippen LogP contribution in [0.3, 0.4) is 0 Å². The third kappa shape index (κ3) is 4.95. The van der Waals surface area contributed by atoms with Crippen molar-refractivity contribution >= 4 is 23.6 Å². The van der Waals surface area contributed by atoms with Gasteiger partial charge in [0.25, 0.3) is 5.91 Å². The molecule has 118 valence electrons. The molecule has 2 aliphatic heterocycles. The van der Waals surface area contributed by atoms with Crippen molar-refractivity contribution in [2.24, 2.45) is 0 Å². The molecule has 0 aromatic heterocycles. The topological polar surface area (TPSA) is 58.6 Å². The third-order valence-corrected chi connectivity index (χ3v) is 4.87. The fraction of sp³-hybridized carbons (Fsp3) is 0.733. The van der Waals surface area contributed by atoms with E-state index in [1.54, 1.807) is 11.8 Å². The minimum absolute atomic E-state index is 0.0561. The van der Waals surface area contributed by atoms with E-state index in [-0.39, 0.29) is 11.8 Å². The van der Waals surface area contributed by atoms with E-state index in [1.165, 1.54) is 0 Å². The molecule has 0 aromatic carbocycles. The summed E-state index contributed by atoms with van der Waals surface area (Å²) in [5.41, 5.74) is 0. The molecule has 6 heteroatoms. The average molecular weight is 312 g/mol. The third-order valence-electron chi connectivity index (χ3n) is 3.74. The van der Waals surface area contributed by atoms with Gasteiger partial charge in [-0.15, -0.1) is 11.8 Å². The lowest BCUT2D eigenvalue weighted by Gasteiger charge is -2.21. The van der Waals surface area contributed by atoms with E-state index in [0.29, 0.717) is 30.2 Å². The van der Waals surface area contributed by atoms with Crippen molar-refractivity contribution in [2.75, 3.05) is 32.0 Å². The molecular formula is C15H24N2O3S. The van der Waals surface area contributed by atoms with Crippen LogP contribution in [0.5, 0.6) is 0 Å². The SMILES string of the molecule is CC1=C(C(=O)NCCCN2CCCCCC2=O)SCCO1. The Morgan fingerprint density at radius 1 is 1.38 bits per heavy atom. The molecule has 0 bridgehead atoms. The smallest absolute Gasteiger partial charge is 0.261 e. The number of rotatable bonds is 5. The molecular weight excluding hydrogens is 288 g/mol. The zero-order chi connectivity index (χ0) is 15.1. The molecule has 1 N–H and O–H groups in total. The van der Waals surface area contributed by atoms with Gasteiger partial charge in [0.15, 0.2) is 0 Å². The van der Waals surface area contributed by atoms with E-state index in [2.05, 4.69) is 5.32 Å². The fourth-order valence-corrected chi connectivity index (χ4v) is 3.39. The Labute approximate surface area is 130 Å². The summed E-state index contributed by atoms with van der Waals surface area (Å²) in [6.07, 6.45) is 4.72. The van der Waals surface area contributed by atoms with Gasteiger partial charge >= 0.3 is 0 Å². The van der Waals surface area contributed by atoms with E-state index in [9.17, 15) is 9.59 Å². The Hall–Kier alpha value is -1.17. The summed E-state index contributed by atoms with van der Waals surface area (Å²) in [4.78, 5) is 26.5. The van der Waals surface area contributed by atoms with Crippen LogP contribution in [0.1, 0.15) is 39.0 Å². The molecule has 0 saturated carbocycles. The predicted octanol–water partition coefficient (Wildman–Crippen LogP) is 1.89. The minimum atomic E-state index is -0.0561. The van der Waals surface area contributed by atoms with Crippen molar-refractivity contribution in [1.82, 2.24) is 10.2 Å². The normalized spacial score (nSPS) is 20.0. The molecule has 0 spiro atoms. The summed E-state index contributed by atoms with van der Waals surface area (Å²) in [7, 11) is 0. The highest BCUT2D eigenvalue weighted by atomic mass is 32.2. The molecule has 0 aromatic rings. The van der Waals surface area contributed by atoms with Crippen LogP contribution >= 0.6 is 11.8 Å². The van der Waals surface area contributed by atoms with Crippen molar-refractivity contribution in [3.05, 3.63) is 10.7 Å². The highest BCUT2D eigenvalue weighted by Crippen LogP contribution is 2.25. The Morgan fingerprint density at radius 3 is 3.05 bits per heavy atom. The molecule has 1 fully saturated rings. The second-order valence-electron chi connectivity index (χ2n) is 5.38. The molecule has 2 aliphatic rings. The highest BCUT2D eigenvalue weighted by molar-refractivity contribution is 8.04. The van der Waals surface area contributed by atoms with Crippen molar-refractivity contribution < 1.29 is 14.3 Å². The molecule has 0 atom stereocenters. The van der Waals surface area contributed by atoms with Crippen LogP contribution in [-0.2, 0) is 14.3 Å². The summed E-state index contributed by atoms with van der Waals surface area (Å²) < 4.78 is 5.39. The maximum absolute atomic E-state index is 12.0. The van der Waals surface area contributed by atoms with E-state index < -0.39 is 0 Å². The first kappa shape index (κ1) is 16.2. The Kier molecular flexibility index (Phi) is 6.42. The summed E-state index contributed by atoms with van der Waals surface area (Å²) in [6, 6.07) is 0. The van der Waals surface area contributed by atoms with Gasteiger partial charge in [0, 0.05) is 31.8 Å². The number of carbonyl (C=O) groups is 2.